The van der Waals surface area contributed by atoms with Crippen LogP contribution in [0.15, 0.2) is 72.6 Å². The lowest BCUT2D eigenvalue weighted by Crippen LogP contribution is -2.16. The fourth-order valence-electron chi connectivity index (χ4n) is 3.57. The zero-order chi connectivity index (χ0) is 21.8. The molecule has 3 aromatic rings. The number of hydrogen-bond acceptors (Lipinski definition) is 1. The molecule has 0 bridgehead atoms. The van der Waals surface area contributed by atoms with Crippen LogP contribution >= 0.6 is 0 Å². The Morgan fingerprint density at radius 2 is 1.81 bits per heavy atom. The number of aromatic amines is 1. The van der Waals surface area contributed by atoms with E-state index in [2.05, 4.69) is 4.98 Å². The number of nitrogens with one attached hydrogen (secondary N) is 1. The van der Waals surface area contributed by atoms with Gasteiger partial charge in [-0.1, -0.05) is 18.2 Å². The van der Waals surface area contributed by atoms with Crippen molar-refractivity contribution in [3.63, 3.8) is 0 Å². The van der Waals surface area contributed by atoms with Gasteiger partial charge in [-0.05, 0) is 55.0 Å². The Morgan fingerprint density at radius 1 is 1.03 bits per heavy atom. The van der Waals surface area contributed by atoms with Gasteiger partial charge in [-0.3, -0.25) is 8.63 Å². The highest BCUT2D eigenvalue weighted by Crippen LogP contribution is 2.21. The van der Waals surface area contributed by atoms with Gasteiger partial charge >= 0.3 is 7.40 Å². The molecule has 0 radical (unpaired) electrons. The summed E-state index contributed by atoms with van der Waals surface area (Å²) in [4.78, 5) is 3.17. The number of benzene rings is 1. The Morgan fingerprint density at radius 3 is 2.48 bits per heavy atom. The van der Waals surface area contributed by atoms with E-state index in [0.717, 1.165) is 32.9 Å². The Hall–Kier alpha value is -3.61. The van der Waals surface area contributed by atoms with Gasteiger partial charge in [0.15, 0.2) is 0 Å². The van der Waals surface area contributed by atoms with Gasteiger partial charge in [-0.15, -0.1) is 0 Å². The van der Waals surface area contributed by atoms with Gasteiger partial charge in [0.1, 0.15) is 18.5 Å². The van der Waals surface area contributed by atoms with E-state index in [0.29, 0.717) is 18.0 Å². The molecular weight excluding hydrogens is 395 g/mol. The van der Waals surface area contributed by atoms with Gasteiger partial charge in [-0.2, -0.15) is 4.58 Å². The summed E-state index contributed by atoms with van der Waals surface area (Å²) in [7, 11) is -0.728. The van der Waals surface area contributed by atoms with Crippen molar-refractivity contribution in [2.75, 3.05) is 13.7 Å². The minimum Gasteiger partial charge on any atom is -0.494 e. The first kappa shape index (κ1) is 20.7. The molecule has 1 aliphatic heterocycles. The number of ether oxygens (including phenoxy) is 1. The van der Waals surface area contributed by atoms with Gasteiger partial charge in [0.25, 0.3) is 0 Å². The van der Waals surface area contributed by atoms with Crippen LogP contribution in [0, 0.1) is 0 Å². The second-order valence-corrected chi connectivity index (χ2v) is 7.10. The number of nitrogens with zero attached hydrogens (tertiary/aromatic N) is 2. The van der Waals surface area contributed by atoms with Gasteiger partial charge in [0.05, 0.1) is 6.61 Å². The average Bonchev–Trinajstić information content (AvgIpc) is 3.49. The average molecular weight is 418 g/mol. The Balaban J connectivity index is 1.61. The molecule has 0 saturated heterocycles. The summed E-state index contributed by atoms with van der Waals surface area (Å²) in [5.74, 6) is 0.786. The Bertz CT molecular complexity index is 1170. The lowest BCUT2D eigenvalue weighted by atomic mass is 10.1. The fraction of sp³-hybridized carbons (Fsp3) is 0.125. The second-order valence-electron chi connectivity index (χ2n) is 7.10. The van der Waals surface area contributed by atoms with Crippen molar-refractivity contribution in [3.05, 3.63) is 95.2 Å². The molecule has 1 N–H and O–H groups in total. The molecule has 0 spiro atoms. The molecule has 0 saturated carbocycles. The van der Waals surface area contributed by atoms with Crippen LogP contribution in [-0.2, 0) is 0 Å². The third-order valence-corrected chi connectivity index (χ3v) is 5.14. The number of allylic oxidation sites excluding steroid dienone is 2. The summed E-state index contributed by atoms with van der Waals surface area (Å²) in [5.41, 5.74) is 4.60. The van der Waals surface area contributed by atoms with E-state index < -0.39 is 7.40 Å². The minimum atomic E-state index is -2.65. The first-order valence-corrected chi connectivity index (χ1v) is 10.1. The highest BCUT2D eigenvalue weighted by molar-refractivity contribution is 6.41. The fourth-order valence-corrected chi connectivity index (χ4v) is 3.57. The topological polar surface area (TPSA) is 33.0 Å². The standard InChI is InChI=1S/C24H22BF2N3O/c1-3-31-22-13-7-18(8-14-22)6-9-19-10-11-21(30(19)25(26)27)17-20-12-15-24(29(20)2)23-5-4-16-28-23/h4-17H,3H2,1-2H3/p+1/b9-6+,20-17-. The highest BCUT2D eigenvalue weighted by Gasteiger charge is 2.25. The lowest BCUT2D eigenvalue weighted by Gasteiger charge is -2.06. The second kappa shape index (κ2) is 9.04. The predicted molar refractivity (Wildman–Crippen MR) is 123 cm³/mol. The van der Waals surface area contributed by atoms with Crippen LogP contribution < -0.4 is 4.74 Å². The van der Waals surface area contributed by atoms with E-state index in [1.165, 1.54) is 0 Å². The third-order valence-electron chi connectivity index (χ3n) is 5.14. The van der Waals surface area contributed by atoms with Crippen LogP contribution in [0.2, 0.25) is 0 Å². The number of rotatable bonds is 7. The molecule has 0 aliphatic carbocycles. The molecule has 7 heteroatoms. The van der Waals surface area contributed by atoms with Crippen LogP contribution in [-0.4, -0.2) is 40.8 Å². The SMILES string of the molecule is CCOc1ccc(/C=C/c2ccc(/C=C3/C=CC(c4ccc[nH]4)=[N+]3C)n2B(F)F)cc1. The predicted octanol–water partition coefficient (Wildman–Crippen LogP) is 5.20. The van der Waals surface area contributed by atoms with Crippen molar-refractivity contribution in [2.24, 2.45) is 0 Å². The summed E-state index contributed by atoms with van der Waals surface area (Å²) < 4.78 is 36.2. The van der Waals surface area contributed by atoms with Crippen molar-refractivity contribution < 1.29 is 17.9 Å². The van der Waals surface area contributed by atoms with Crippen molar-refractivity contribution in [1.82, 2.24) is 9.46 Å². The first-order chi connectivity index (χ1) is 15.1. The molecule has 0 fully saturated rings. The van der Waals surface area contributed by atoms with E-state index in [9.17, 15) is 8.63 Å². The van der Waals surface area contributed by atoms with Crippen LogP contribution in [0.25, 0.3) is 18.2 Å². The molecule has 1 aromatic carbocycles. The molecule has 0 atom stereocenters. The summed E-state index contributed by atoms with van der Waals surface area (Å²) in [6.45, 7) is 2.53. The highest BCUT2D eigenvalue weighted by atomic mass is 19.2. The Labute approximate surface area is 180 Å². The maximum Gasteiger partial charge on any atom is 0.678 e. The van der Waals surface area contributed by atoms with Crippen molar-refractivity contribution in [1.29, 1.82) is 0 Å². The third kappa shape index (κ3) is 4.45. The molecular formula is C24H23BF2N3O+. The van der Waals surface area contributed by atoms with E-state index in [4.69, 9.17) is 4.74 Å². The Kier molecular flexibility index (Phi) is 6.02. The van der Waals surface area contributed by atoms with Crippen molar-refractivity contribution in [3.8, 4) is 5.75 Å². The number of likely N-dealkylation sites (N-methyl/N-ethyl adjacent to an activating group) is 1. The van der Waals surface area contributed by atoms with Gasteiger partial charge in [0, 0.05) is 35.8 Å². The number of hydrogen-bond donors (Lipinski definition) is 1. The zero-order valence-corrected chi connectivity index (χ0v) is 17.4. The number of H-pyrrole nitrogens is 1. The smallest absolute Gasteiger partial charge is 0.494 e. The number of aromatic nitrogens is 2. The van der Waals surface area contributed by atoms with Crippen LogP contribution in [0.1, 0.15) is 29.6 Å². The van der Waals surface area contributed by atoms with Gasteiger partial charge in [0.2, 0.25) is 11.4 Å². The van der Waals surface area contributed by atoms with Crippen molar-refractivity contribution in [2.45, 2.75) is 6.92 Å². The summed E-state index contributed by atoms with van der Waals surface area (Å²) in [6, 6.07) is 14.9. The summed E-state index contributed by atoms with van der Waals surface area (Å²) in [5, 5.41) is 0. The molecule has 0 unspecified atom stereocenters. The van der Waals surface area contributed by atoms with E-state index >= 15 is 0 Å². The monoisotopic (exact) mass is 418 g/mol. The van der Waals surface area contributed by atoms with Gasteiger partial charge < -0.3 is 14.2 Å². The molecule has 0 amide bonds. The van der Waals surface area contributed by atoms with Crippen LogP contribution in [0.5, 0.6) is 5.75 Å². The van der Waals surface area contributed by atoms with E-state index in [1.807, 2.05) is 79.4 Å². The van der Waals surface area contributed by atoms with Crippen LogP contribution in [0.4, 0.5) is 8.63 Å². The molecule has 4 rings (SSSR count). The maximum absolute atomic E-state index is 13.9. The first-order valence-electron chi connectivity index (χ1n) is 10.1. The van der Waals surface area contributed by atoms with Crippen molar-refractivity contribution >= 4 is 31.3 Å². The quantitative estimate of drug-likeness (QED) is 0.415. The zero-order valence-electron chi connectivity index (χ0n) is 17.4. The number of halogens is 2. The molecule has 2 aromatic heterocycles. The maximum atomic E-state index is 13.9. The molecule has 3 heterocycles. The lowest BCUT2D eigenvalue weighted by molar-refractivity contribution is -0.432. The summed E-state index contributed by atoms with van der Waals surface area (Å²) in [6.07, 6.45) is 11.0. The summed E-state index contributed by atoms with van der Waals surface area (Å²) >= 11 is 0. The van der Waals surface area contributed by atoms with Crippen LogP contribution in [0.3, 0.4) is 0 Å². The normalized spacial score (nSPS) is 14.9. The minimum absolute atomic E-state index is 0.439. The molecule has 31 heavy (non-hydrogen) atoms. The molecule has 156 valence electrons. The van der Waals surface area contributed by atoms with E-state index in [-0.39, 0.29) is 0 Å². The van der Waals surface area contributed by atoms with Gasteiger partial charge in [-0.25, -0.2) is 0 Å². The molecule has 4 nitrogen and oxygen atoms in total. The molecule has 1 aliphatic rings. The van der Waals surface area contributed by atoms with E-state index in [1.54, 1.807) is 24.3 Å². The largest absolute Gasteiger partial charge is 0.678 e.